The molecule has 1 aliphatic heterocycles. The Balaban J connectivity index is 1.69. The number of carbonyl (C=O) groups is 1. The monoisotopic (exact) mass is 331 g/mol. The van der Waals surface area contributed by atoms with E-state index in [9.17, 15) is 4.79 Å². The third-order valence-electron chi connectivity index (χ3n) is 3.21. The second-order valence-corrected chi connectivity index (χ2v) is 6.16. The van der Waals surface area contributed by atoms with Crippen molar-refractivity contribution in [3.63, 3.8) is 0 Å². The molecule has 0 saturated carbocycles. The summed E-state index contributed by atoms with van der Waals surface area (Å²) in [6.45, 7) is 1.25. The second kappa shape index (κ2) is 6.94. The highest BCUT2D eigenvalue weighted by molar-refractivity contribution is 8.13. The molecule has 22 heavy (non-hydrogen) atoms. The van der Waals surface area contributed by atoms with Crippen molar-refractivity contribution >= 4 is 34.4 Å². The quantitative estimate of drug-likeness (QED) is 0.865. The van der Waals surface area contributed by atoms with Gasteiger partial charge in [-0.15, -0.1) is 0 Å². The van der Waals surface area contributed by atoms with E-state index >= 15 is 0 Å². The standard InChI is InChI=1S/C16H14ClN3OS/c17-14-5-1-4-13(9-14)15(21)20-8-7-19-16(20)22-11-12-3-2-6-18-10-12/h1-6,9-10H,7-8,11H2. The summed E-state index contributed by atoms with van der Waals surface area (Å²) in [5, 5.41) is 1.32. The summed E-state index contributed by atoms with van der Waals surface area (Å²) in [6, 6.07) is 10.9. The zero-order valence-corrected chi connectivity index (χ0v) is 13.3. The highest BCUT2D eigenvalue weighted by Gasteiger charge is 2.25. The van der Waals surface area contributed by atoms with E-state index in [0.29, 0.717) is 23.7 Å². The molecule has 0 aliphatic carbocycles. The fourth-order valence-corrected chi connectivity index (χ4v) is 3.32. The summed E-state index contributed by atoms with van der Waals surface area (Å²) in [4.78, 5) is 22.8. The Kier molecular flexibility index (Phi) is 4.75. The Hall–Kier alpha value is -1.85. The molecular weight excluding hydrogens is 318 g/mol. The number of nitrogens with zero attached hydrogens (tertiary/aromatic N) is 3. The Labute approximate surface area is 138 Å². The molecule has 3 rings (SSSR count). The molecule has 1 aromatic heterocycles. The number of thioether (sulfide) groups is 1. The summed E-state index contributed by atoms with van der Waals surface area (Å²) in [5.41, 5.74) is 1.70. The molecule has 0 unspecified atom stereocenters. The summed E-state index contributed by atoms with van der Waals surface area (Å²) in [6.07, 6.45) is 3.57. The fourth-order valence-electron chi connectivity index (χ4n) is 2.15. The van der Waals surface area contributed by atoms with Gasteiger partial charge in [0.15, 0.2) is 5.17 Å². The number of halogens is 1. The minimum atomic E-state index is -0.0579. The Morgan fingerprint density at radius 1 is 1.32 bits per heavy atom. The molecule has 0 saturated heterocycles. The van der Waals surface area contributed by atoms with Crippen molar-refractivity contribution in [2.45, 2.75) is 5.75 Å². The molecule has 0 spiro atoms. The number of pyridine rings is 1. The van der Waals surface area contributed by atoms with Gasteiger partial charge >= 0.3 is 0 Å². The number of rotatable bonds is 3. The number of aliphatic imine (C=N–C) groups is 1. The van der Waals surface area contributed by atoms with Crippen LogP contribution in [0.1, 0.15) is 15.9 Å². The zero-order chi connectivity index (χ0) is 15.4. The van der Waals surface area contributed by atoms with Crippen LogP contribution in [0.2, 0.25) is 5.02 Å². The normalized spacial score (nSPS) is 14.0. The molecular formula is C16H14ClN3OS. The Morgan fingerprint density at radius 3 is 3.00 bits per heavy atom. The number of carbonyl (C=O) groups excluding carboxylic acids is 1. The van der Waals surface area contributed by atoms with Crippen molar-refractivity contribution in [2.75, 3.05) is 13.1 Å². The van der Waals surface area contributed by atoms with Gasteiger partial charge in [-0.2, -0.15) is 0 Å². The lowest BCUT2D eigenvalue weighted by atomic mass is 10.2. The van der Waals surface area contributed by atoms with E-state index < -0.39 is 0 Å². The maximum absolute atomic E-state index is 12.6. The average Bonchev–Trinajstić information content (AvgIpc) is 3.01. The molecule has 0 N–H and O–H groups in total. The molecule has 6 heteroatoms. The van der Waals surface area contributed by atoms with Crippen molar-refractivity contribution in [3.8, 4) is 0 Å². The van der Waals surface area contributed by atoms with Crippen molar-refractivity contribution in [1.82, 2.24) is 9.88 Å². The first-order valence-corrected chi connectivity index (χ1v) is 8.24. The van der Waals surface area contributed by atoms with Crippen LogP contribution in [0.4, 0.5) is 0 Å². The number of amides is 1. The average molecular weight is 332 g/mol. The molecule has 1 aromatic carbocycles. The van der Waals surface area contributed by atoms with E-state index in [2.05, 4.69) is 9.98 Å². The van der Waals surface area contributed by atoms with Crippen molar-refractivity contribution < 1.29 is 4.79 Å². The Bertz CT molecular complexity index is 706. The molecule has 0 fully saturated rings. The number of hydrogen-bond acceptors (Lipinski definition) is 4. The minimum absolute atomic E-state index is 0.0579. The third kappa shape index (κ3) is 3.48. The molecule has 1 amide bonds. The van der Waals surface area contributed by atoms with Gasteiger partial charge < -0.3 is 0 Å². The van der Waals surface area contributed by atoms with Crippen LogP contribution >= 0.6 is 23.4 Å². The van der Waals surface area contributed by atoms with Gasteiger partial charge in [0.25, 0.3) is 5.91 Å². The first-order valence-electron chi connectivity index (χ1n) is 6.87. The molecule has 2 heterocycles. The lowest BCUT2D eigenvalue weighted by molar-refractivity contribution is 0.0860. The van der Waals surface area contributed by atoms with Gasteiger partial charge in [0.1, 0.15) is 0 Å². The zero-order valence-electron chi connectivity index (χ0n) is 11.8. The van der Waals surface area contributed by atoms with Crippen molar-refractivity contribution in [1.29, 1.82) is 0 Å². The predicted molar refractivity (Wildman–Crippen MR) is 90.3 cm³/mol. The summed E-state index contributed by atoms with van der Waals surface area (Å²) >= 11 is 7.51. The van der Waals surface area contributed by atoms with Gasteiger partial charge in [-0.25, -0.2) is 0 Å². The van der Waals surface area contributed by atoms with E-state index in [4.69, 9.17) is 11.6 Å². The van der Waals surface area contributed by atoms with E-state index in [-0.39, 0.29) is 5.91 Å². The van der Waals surface area contributed by atoms with E-state index in [1.165, 1.54) is 0 Å². The number of benzene rings is 1. The SMILES string of the molecule is O=C(c1cccc(Cl)c1)N1CCN=C1SCc1cccnc1. The topological polar surface area (TPSA) is 45.6 Å². The minimum Gasteiger partial charge on any atom is -0.286 e. The van der Waals surface area contributed by atoms with Crippen LogP contribution in [-0.2, 0) is 5.75 Å². The molecule has 2 aromatic rings. The van der Waals surface area contributed by atoms with Crippen LogP contribution < -0.4 is 0 Å². The van der Waals surface area contributed by atoms with Crippen LogP contribution in [-0.4, -0.2) is 34.0 Å². The van der Waals surface area contributed by atoms with Crippen molar-refractivity contribution in [3.05, 3.63) is 64.9 Å². The highest BCUT2D eigenvalue weighted by Crippen LogP contribution is 2.22. The third-order valence-corrected chi connectivity index (χ3v) is 4.53. The lowest BCUT2D eigenvalue weighted by Gasteiger charge is -2.18. The number of hydrogen-bond donors (Lipinski definition) is 0. The van der Waals surface area contributed by atoms with Gasteiger partial charge in [0.05, 0.1) is 6.54 Å². The van der Waals surface area contributed by atoms with Gasteiger partial charge in [0, 0.05) is 35.3 Å². The molecule has 4 nitrogen and oxygen atoms in total. The first-order chi connectivity index (χ1) is 10.7. The van der Waals surface area contributed by atoms with Gasteiger partial charge in [-0.3, -0.25) is 19.7 Å². The molecule has 0 radical (unpaired) electrons. The highest BCUT2D eigenvalue weighted by atomic mass is 35.5. The van der Waals surface area contributed by atoms with E-state index in [1.807, 2.05) is 18.3 Å². The smallest absolute Gasteiger partial charge is 0.259 e. The number of aromatic nitrogens is 1. The van der Waals surface area contributed by atoms with Crippen LogP contribution in [0.5, 0.6) is 0 Å². The van der Waals surface area contributed by atoms with Crippen LogP contribution in [0.15, 0.2) is 53.8 Å². The van der Waals surface area contributed by atoms with Crippen LogP contribution in [0.25, 0.3) is 0 Å². The molecule has 0 atom stereocenters. The van der Waals surface area contributed by atoms with E-state index in [1.54, 1.807) is 47.1 Å². The Morgan fingerprint density at radius 2 is 2.23 bits per heavy atom. The second-order valence-electron chi connectivity index (χ2n) is 4.78. The van der Waals surface area contributed by atoms with Gasteiger partial charge in [-0.05, 0) is 29.8 Å². The van der Waals surface area contributed by atoms with Crippen LogP contribution in [0.3, 0.4) is 0 Å². The predicted octanol–water partition coefficient (Wildman–Crippen LogP) is 3.48. The van der Waals surface area contributed by atoms with E-state index in [0.717, 1.165) is 16.5 Å². The molecule has 112 valence electrons. The maximum atomic E-state index is 12.6. The van der Waals surface area contributed by atoms with Gasteiger partial charge in [0.2, 0.25) is 0 Å². The summed E-state index contributed by atoms with van der Waals surface area (Å²) in [5.74, 6) is 0.684. The number of amidine groups is 1. The lowest BCUT2D eigenvalue weighted by Crippen LogP contribution is -2.32. The summed E-state index contributed by atoms with van der Waals surface area (Å²) in [7, 11) is 0. The van der Waals surface area contributed by atoms with Crippen molar-refractivity contribution in [2.24, 2.45) is 4.99 Å². The van der Waals surface area contributed by atoms with Crippen LogP contribution in [0, 0.1) is 0 Å². The first kappa shape index (κ1) is 15.1. The molecule has 1 aliphatic rings. The largest absolute Gasteiger partial charge is 0.286 e. The molecule has 0 bridgehead atoms. The van der Waals surface area contributed by atoms with Gasteiger partial charge in [-0.1, -0.05) is 35.5 Å². The maximum Gasteiger partial charge on any atom is 0.259 e. The summed E-state index contributed by atoms with van der Waals surface area (Å²) < 4.78 is 0. The fraction of sp³-hybridized carbons (Fsp3) is 0.188.